The number of hydrogen-bond acceptors (Lipinski definition) is 4. The molecule has 2 aromatic rings. The van der Waals surface area contributed by atoms with Crippen molar-refractivity contribution in [2.24, 2.45) is 0 Å². The molecule has 0 fully saturated rings. The quantitative estimate of drug-likeness (QED) is 0.867. The Morgan fingerprint density at radius 1 is 1.00 bits per heavy atom. The van der Waals surface area contributed by atoms with Crippen molar-refractivity contribution in [3.05, 3.63) is 43.0 Å². The molecule has 102 valence electrons. The molecular formula is C14H13N3O3. The SMILES string of the molecule is O=C(O)CCC(=O)Nc1ccc(-c2cncnc2)cc1. The lowest BCUT2D eigenvalue weighted by Gasteiger charge is -2.05. The van der Waals surface area contributed by atoms with Gasteiger partial charge in [0.05, 0.1) is 6.42 Å². The summed E-state index contributed by atoms with van der Waals surface area (Å²) in [6.45, 7) is 0. The molecule has 1 amide bonds. The predicted molar refractivity (Wildman–Crippen MR) is 73.0 cm³/mol. The van der Waals surface area contributed by atoms with Crippen LogP contribution in [-0.4, -0.2) is 27.0 Å². The fourth-order valence-corrected chi connectivity index (χ4v) is 1.64. The second-order valence-electron chi connectivity index (χ2n) is 4.15. The number of hydrogen-bond donors (Lipinski definition) is 2. The van der Waals surface area contributed by atoms with Gasteiger partial charge in [-0.05, 0) is 17.7 Å². The van der Waals surface area contributed by atoms with Crippen LogP contribution in [-0.2, 0) is 9.59 Å². The largest absolute Gasteiger partial charge is 0.481 e. The van der Waals surface area contributed by atoms with E-state index in [0.717, 1.165) is 11.1 Å². The molecule has 2 N–H and O–H groups in total. The van der Waals surface area contributed by atoms with Crippen molar-refractivity contribution in [3.63, 3.8) is 0 Å². The molecular weight excluding hydrogens is 258 g/mol. The first-order valence-corrected chi connectivity index (χ1v) is 6.02. The lowest BCUT2D eigenvalue weighted by molar-refractivity contribution is -0.138. The third-order valence-corrected chi connectivity index (χ3v) is 2.63. The van der Waals surface area contributed by atoms with Gasteiger partial charge in [-0.3, -0.25) is 9.59 Å². The molecule has 6 nitrogen and oxygen atoms in total. The number of nitrogens with one attached hydrogen (secondary N) is 1. The van der Waals surface area contributed by atoms with Crippen LogP contribution in [0.15, 0.2) is 43.0 Å². The molecule has 0 aliphatic carbocycles. The maximum Gasteiger partial charge on any atom is 0.303 e. The van der Waals surface area contributed by atoms with Gasteiger partial charge in [0.1, 0.15) is 6.33 Å². The minimum absolute atomic E-state index is 0.0381. The molecule has 6 heteroatoms. The molecule has 1 aromatic carbocycles. The lowest BCUT2D eigenvalue weighted by Crippen LogP contribution is -2.13. The van der Waals surface area contributed by atoms with Gasteiger partial charge in [0, 0.05) is 30.1 Å². The molecule has 0 saturated heterocycles. The normalized spacial score (nSPS) is 10.0. The first-order chi connectivity index (χ1) is 9.65. The van der Waals surface area contributed by atoms with Gasteiger partial charge < -0.3 is 10.4 Å². The number of carbonyl (C=O) groups excluding carboxylic acids is 1. The topological polar surface area (TPSA) is 92.2 Å². The number of amides is 1. The number of carboxylic acids is 1. The van der Waals surface area contributed by atoms with E-state index in [9.17, 15) is 9.59 Å². The van der Waals surface area contributed by atoms with E-state index in [4.69, 9.17) is 5.11 Å². The average Bonchev–Trinajstić information content (AvgIpc) is 2.47. The van der Waals surface area contributed by atoms with Gasteiger partial charge in [0.25, 0.3) is 0 Å². The van der Waals surface area contributed by atoms with Crippen molar-refractivity contribution in [1.29, 1.82) is 0 Å². The molecule has 20 heavy (non-hydrogen) atoms. The Hall–Kier alpha value is -2.76. The van der Waals surface area contributed by atoms with Crippen LogP contribution in [0.5, 0.6) is 0 Å². The van der Waals surface area contributed by atoms with Crippen molar-refractivity contribution in [1.82, 2.24) is 9.97 Å². The Balaban J connectivity index is 1.98. The zero-order chi connectivity index (χ0) is 14.4. The third-order valence-electron chi connectivity index (χ3n) is 2.63. The van der Waals surface area contributed by atoms with Gasteiger partial charge in [0.15, 0.2) is 0 Å². The van der Waals surface area contributed by atoms with E-state index in [1.165, 1.54) is 6.33 Å². The van der Waals surface area contributed by atoms with Gasteiger partial charge >= 0.3 is 5.97 Å². The summed E-state index contributed by atoms with van der Waals surface area (Å²) in [5.41, 5.74) is 2.45. The number of carboxylic acid groups (broad SMARTS) is 1. The summed E-state index contributed by atoms with van der Waals surface area (Å²) < 4.78 is 0. The fourth-order valence-electron chi connectivity index (χ4n) is 1.64. The van der Waals surface area contributed by atoms with Crippen LogP contribution < -0.4 is 5.32 Å². The predicted octanol–water partition coefficient (Wildman–Crippen LogP) is 1.95. The van der Waals surface area contributed by atoms with E-state index in [2.05, 4.69) is 15.3 Å². The summed E-state index contributed by atoms with van der Waals surface area (Å²) in [4.78, 5) is 29.7. The summed E-state index contributed by atoms with van der Waals surface area (Å²) in [5.74, 6) is -1.30. The standard InChI is InChI=1S/C14H13N3O3/c18-13(5-6-14(19)20)17-12-3-1-10(2-4-12)11-7-15-9-16-8-11/h1-4,7-9H,5-6H2,(H,17,18)(H,19,20). The van der Waals surface area contributed by atoms with Crippen molar-refractivity contribution in [2.45, 2.75) is 12.8 Å². The van der Waals surface area contributed by atoms with E-state index in [1.54, 1.807) is 24.5 Å². The summed E-state index contributed by atoms with van der Waals surface area (Å²) in [5, 5.41) is 11.1. The van der Waals surface area contributed by atoms with Crippen LogP contribution in [0.2, 0.25) is 0 Å². The molecule has 2 rings (SSSR count). The molecule has 0 spiro atoms. The molecule has 0 saturated carbocycles. The zero-order valence-corrected chi connectivity index (χ0v) is 10.6. The maximum atomic E-state index is 11.5. The highest BCUT2D eigenvalue weighted by Crippen LogP contribution is 2.19. The Kier molecular flexibility index (Phi) is 4.39. The highest BCUT2D eigenvalue weighted by molar-refractivity contribution is 5.92. The Labute approximate surface area is 115 Å². The van der Waals surface area contributed by atoms with Gasteiger partial charge in [-0.15, -0.1) is 0 Å². The van der Waals surface area contributed by atoms with E-state index in [1.807, 2.05) is 12.1 Å². The Morgan fingerprint density at radius 2 is 1.65 bits per heavy atom. The van der Waals surface area contributed by atoms with Gasteiger partial charge in [-0.25, -0.2) is 9.97 Å². The first kappa shape index (κ1) is 13.7. The van der Waals surface area contributed by atoms with Gasteiger partial charge in [-0.2, -0.15) is 0 Å². The van der Waals surface area contributed by atoms with Crippen LogP contribution in [0, 0.1) is 0 Å². The molecule has 1 aromatic heterocycles. The number of aromatic nitrogens is 2. The molecule has 1 heterocycles. The highest BCUT2D eigenvalue weighted by Gasteiger charge is 2.06. The maximum absolute atomic E-state index is 11.5. The summed E-state index contributed by atoms with van der Waals surface area (Å²) >= 11 is 0. The van der Waals surface area contributed by atoms with E-state index < -0.39 is 5.97 Å². The number of rotatable bonds is 5. The van der Waals surface area contributed by atoms with Crippen LogP contribution in [0.3, 0.4) is 0 Å². The minimum atomic E-state index is -0.987. The van der Waals surface area contributed by atoms with Crippen LogP contribution >= 0.6 is 0 Å². The number of anilines is 1. The summed E-state index contributed by atoms with van der Waals surface area (Å²) in [7, 11) is 0. The number of aliphatic carboxylic acids is 1. The minimum Gasteiger partial charge on any atom is -0.481 e. The van der Waals surface area contributed by atoms with Gasteiger partial charge in [-0.1, -0.05) is 12.1 Å². The van der Waals surface area contributed by atoms with Crippen LogP contribution in [0.1, 0.15) is 12.8 Å². The van der Waals surface area contributed by atoms with Crippen LogP contribution in [0.4, 0.5) is 5.69 Å². The van der Waals surface area contributed by atoms with Crippen molar-refractivity contribution < 1.29 is 14.7 Å². The molecule has 0 bridgehead atoms. The Bertz CT molecular complexity index is 597. The second-order valence-corrected chi connectivity index (χ2v) is 4.15. The number of carbonyl (C=O) groups is 2. The highest BCUT2D eigenvalue weighted by atomic mass is 16.4. The van der Waals surface area contributed by atoms with Crippen molar-refractivity contribution in [3.8, 4) is 11.1 Å². The third kappa shape index (κ3) is 3.88. The molecule has 0 atom stereocenters. The number of nitrogens with zero attached hydrogens (tertiary/aromatic N) is 2. The number of benzene rings is 1. The van der Waals surface area contributed by atoms with Crippen molar-refractivity contribution >= 4 is 17.6 Å². The molecule has 0 aliphatic rings. The average molecular weight is 271 g/mol. The molecule has 0 unspecified atom stereocenters. The zero-order valence-electron chi connectivity index (χ0n) is 10.6. The summed E-state index contributed by atoms with van der Waals surface area (Å²) in [6.07, 6.45) is 4.65. The summed E-state index contributed by atoms with van der Waals surface area (Å²) in [6, 6.07) is 7.18. The van der Waals surface area contributed by atoms with E-state index in [0.29, 0.717) is 5.69 Å². The van der Waals surface area contributed by atoms with Gasteiger partial charge in [0.2, 0.25) is 5.91 Å². The monoisotopic (exact) mass is 271 g/mol. The fraction of sp³-hybridized carbons (Fsp3) is 0.143. The smallest absolute Gasteiger partial charge is 0.303 e. The van der Waals surface area contributed by atoms with E-state index >= 15 is 0 Å². The van der Waals surface area contributed by atoms with Crippen LogP contribution in [0.25, 0.3) is 11.1 Å². The molecule has 0 aliphatic heterocycles. The first-order valence-electron chi connectivity index (χ1n) is 6.02. The molecule has 0 radical (unpaired) electrons. The lowest BCUT2D eigenvalue weighted by atomic mass is 10.1. The Morgan fingerprint density at radius 3 is 2.25 bits per heavy atom. The second kappa shape index (κ2) is 6.42. The van der Waals surface area contributed by atoms with Crippen molar-refractivity contribution in [2.75, 3.05) is 5.32 Å². The van der Waals surface area contributed by atoms with E-state index in [-0.39, 0.29) is 18.7 Å².